The number of halogens is 1. The van der Waals surface area contributed by atoms with Gasteiger partial charge in [-0.25, -0.2) is 4.98 Å². The summed E-state index contributed by atoms with van der Waals surface area (Å²) in [7, 11) is 0. The Morgan fingerprint density at radius 1 is 1.45 bits per heavy atom. The molecule has 0 aliphatic rings. The molecule has 1 aromatic carbocycles. The van der Waals surface area contributed by atoms with E-state index in [2.05, 4.69) is 4.98 Å². The fourth-order valence-corrected chi connectivity index (χ4v) is 3.23. The van der Waals surface area contributed by atoms with Crippen molar-refractivity contribution in [3.8, 4) is 5.69 Å². The molecule has 0 aliphatic heterocycles. The highest BCUT2D eigenvalue weighted by molar-refractivity contribution is 8.00. The summed E-state index contributed by atoms with van der Waals surface area (Å²) in [5.41, 5.74) is 1.18. The third-order valence-electron chi connectivity index (χ3n) is 2.82. The standard InChI is InChI=1S/C13H12ClN3O4S/c14-13-12(10(6-17(20)21)22-7-11(18)19)16(8-15-13)9-4-2-1-3-5-9/h1-5,8,10H,6-7H2,(H,18,19). The van der Waals surface area contributed by atoms with Crippen LogP contribution in [0.4, 0.5) is 0 Å². The number of rotatable bonds is 7. The molecule has 22 heavy (non-hydrogen) atoms. The Hall–Kier alpha value is -2.06. The zero-order valence-corrected chi connectivity index (χ0v) is 12.8. The Labute approximate surface area is 135 Å². The minimum absolute atomic E-state index is 0.133. The number of nitro groups is 1. The van der Waals surface area contributed by atoms with Crippen molar-refractivity contribution >= 4 is 29.3 Å². The Morgan fingerprint density at radius 2 is 2.14 bits per heavy atom. The summed E-state index contributed by atoms with van der Waals surface area (Å²) in [6.45, 7) is -0.434. The van der Waals surface area contributed by atoms with E-state index in [9.17, 15) is 14.9 Å². The van der Waals surface area contributed by atoms with E-state index < -0.39 is 22.7 Å². The molecule has 9 heteroatoms. The van der Waals surface area contributed by atoms with Crippen molar-refractivity contribution < 1.29 is 14.8 Å². The quantitative estimate of drug-likeness (QED) is 0.614. The van der Waals surface area contributed by atoms with Crippen LogP contribution in [0.5, 0.6) is 0 Å². The van der Waals surface area contributed by atoms with Crippen molar-refractivity contribution in [3.63, 3.8) is 0 Å². The molecule has 0 saturated carbocycles. The number of para-hydroxylation sites is 1. The van der Waals surface area contributed by atoms with E-state index in [1.54, 1.807) is 4.57 Å². The molecule has 1 unspecified atom stereocenters. The molecule has 1 aromatic heterocycles. The van der Waals surface area contributed by atoms with E-state index in [1.165, 1.54) is 6.33 Å². The number of carboxylic acids is 1. The largest absolute Gasteiger partial charge is 0.481 e. The molecule has 0 radical (unpaired) electrons. The smallest absolute Gasteiger partial charge is 0.313 e. The Balaban J connectivity index is 2.40. The van der Waals surface area contributed by atoms with Crippen LogP contribution in [0.15, 0.2) is 36.7 Å². The van der Waals surface area contributed by atoms with Crippen LogP contribution >= 0.6 is 23.4 Å². The molecule has 7 nitrogen and oxygen atoms in total. The van der Waals surface area contributed by atoms with Crippen molar-refractivity contribution in [3.05, 3.63) is 57.6 Å². The van der Waals surface area contributed by atoms with Crippen molar-refractivity contribution in [2.75, 3.05) is 12.3 Å². The SMILES string of the molecule is O=C(O)CSC(C[N+](=O)[O-])c1c(Cl)ncn1-c1ccccc1. The lowest BCUT2D eigenvalue weighted by Gasteiger charge is -2.15. The van der Waals surface area contributed by atoms with E-state index in [1.807, 2.05) is 30.3 Å². The summed E-state index contributed by atoms with van der Waals surface area (Å²) in [4.78, 5) is 25.1. The molecule has 0 spiro atoms. The first-order valence-corrected chi connectivity index (χ1v) is 7.65. The lowest BCUT2D eigenvalue weighted by Crippen LogP contribution is -2.15. The van der Waals surface area contributed by atoms with E-state index in [-0.39, 0.29) is 10.9 Å². The van der Waals surface area contributed by atoms with Crippen LogP contribution in [-0.2, 0) is 4.79 Å². The van der Waals surface area contributed by atoms with Gasteiger partial charge in [-0.1, -0.05) is 29.8 Å². The van der Waals surface area contributed by atoms with Gasteiger partial charge < -0.3 is 9.67 Å². The lowest BCUT2D eigenvalue weighted by molar-refractivity contribution is -0.479. The average molecular weight is 342 g/mol. The maximum atomic E-state index is 10.9. The van der Waals surface area contributed by atoms with Gasteiger partial charge in [0.2, 0.25) is 6.54 Å². The van der Waals surface area contributed by atoms with Crippen LogP contribution < -0.4 is 0 Å². The molecule has 2 aromatic rings. The number of imidazole rings is 1. The predicted molar refractivity (Wildman–Crippen MR) is 83.3 cm³/mol. The van der Waals surface area contributed by atoms with Gasteiger partial charge in [0, 0.05) is 10.6 Å². The number of nitrogens with zero attached hydrogens (tertiary/aromatic N) is 3. The van der Waals surface area contributed by atoms with E-state index in [0.29, 0.717) is 5.69 Å². The van der Waals surface area contributed by atoms with Gasteiger partial charge in [-0.2, -0.15) is 0 Å². The molecule has 1 heterocycles. The second-order valence-corrected chi connectivity index (χ2v) is 5.88. The number of benzene rings is 1. The van der Waals surface area contributed by atoms with Gasteiger partial charge in [-0.15, -0.1) is 11.8 Å². The first kappa shape index (κ1) is 16.3. The molecular formula is C13H12ClN3O4S. The number of carboxylic acid groups (broad SMARTS) is 1. The Morgan fingerprint density at radius 3 is 2.73 bits per heavy atom. The fourth-order valence-electron chi connectivity index (χ4n) is 1.94. The second kappa shape index (κ2) is 7.28. The summed E-state index contributed by atoms with van der Waals surface area (Å²) in [6.07, 6.45) is 1.47. The first-order valence-electron chi connectivity index (χ1n) is 6.22. The highest BCUT2D eigenvalue weighted by atomic mass is 35.5. The number of hydrogen-bond donors (Lipinski definition) is 1. The highest BCUT2D eigenvalue weighted by Gasteiger charge is 2.27. The third kappa shape index (κ3) is 3.99. The zero-order valence-electron chi connectivity index (χ0n) is 11.3. The number of thioether (sulfide) groups is 1. The fraction of sp³-hybridized carbons (Fsp3) is 0.231. The van der Waals surface area contributed by atoms with E-state index >= 15 is 0 Å². The highest BCUT2D eigenvalue weighted by Crippen LogP contribution is 2.34. The summed E-state index contributed by atoms with van der Waals surface area (Å²) < 4.78 is 1.64. The number of aliphatic carboxylic acids is 1. The molecule has 116 valence electrons. The van der Waals surface area contributed by atoms with E-state index in [0.717, 1.165) is 17.4 Å². The van der Waals surface area contributed by atoms with Gasteiger partial charge >= 0.3 is 5.97 Å². The zero-order chi connectivity index (χ0) is 16.1. The van der Waals surface area contributed by atoms with Crippen molar-refractivity contribution in [1.29, 1.82) is 0 Å². The molecule has 0 fully saturated rings. The molecule has 0 bridgehead atoms. The Bertz CT molecular complexity index is 677. The predicted octanol–water partition coefficient (Wildman–Crippen LogP) is 2.66. The molecule has 2 rings (SSSR count). The molecule has 0 saturated heterocycles. The minimum Gasteiger partial charge on any atom is -0.481 e. The summed E-state index contributed by atoms with van der Waals surface area (Å²) in [6, 6.07) is 9.11. The van der Waals surface area contributed by atoms with Gasteiger partial charge in [0.25, 0.3) is 0 Å². The number of aromatic nitrogens is 2. The number of hydrogen-bond acceptors (Lipinski definition) is 5. The molecule has 1 N–H and O–H groups in total. The summed E-state index contributed by atoms with van der Waals surface area (Å²) in [5.74, 6) is -1.30. The van der Waals surface area contributed by atoms with Crippen LogP contribution in [0, 0.1) is 10.1 Å². The lowest BCUT2D eigenvalue weighted by atomic mass is 10.2. The first-order chi connectivity index (χ1) is 10.5. The summed E-state index contributed by atoms with van der Waals surface area (Å²) in [5, 5.41) is 19.1. The Kier molecular flexibility index (Phi) is 5.40. The third-order valence-corrected chi connectivity index (χ3v) is 4.30. The normalized spacial score (nSPS) is 12.0. The minimum atomic E-state index is -1.04. The van der Waals surface area contributed by atoms with Gasteiger partial charge in [0.05, 0.1) is 11.4 Å². The van der Waals surface area contributed by atoms with Gasteiger partial charge in [0.15, 0.2) is 5.15 Å². The van der Waals surface area contributed by atoms with Gasteiger partial charge in [-0.05, 0) is 12.1 Å². The van der Waals surface area contributed by atoms with Crippen LogP contribution in [-0.4, -0.2) is 37.8 Å². The maximum Gasteiger partial charge on any atom is 0.313 e. The van der Waals surface area contributed by atoms with Crippen molar-refractivity contribution in [1.82, 2.24) is 9.55 Å². The van der Waals surface area contributed by atoms with Gasteiger partial charge in [-0.3, -0.25) is 14.9 Å². The van der Waals surface area contributed by atoms with Crippen LogP contribution in [0.2, 0.25) is 5.15 Å². The van der Waals surface area contributed by atoms with Crippen molar-refractivity contribution in [2.45, 2.75) is 5.25 Å². The van der Waals surface area contributed by atoms with Crippen LogP contribution in [0.1, 0.15) is 10.9 Å². The molecule has 1 atom stereocenters. The summed E-state index contributed by atoms with van der Waals surface area (Å²) >= 11 is 7.03. The van der Waals surface area contributed by atoms with Crippen LogP contribution in [0.3, 0.4) is 0 Å². The molecular weight excluding hydrogens is 330 g/mol. The second-order valence-electron chi connectivity index (χ2n) is 4.33. The number of carbonyl (C=O) groups is 1. The monoisotopic (exact) mass is 341 g/mol. The van der Waals surface area contributed by atoms with Crippen molar-refractivity contribution in [2.24, 2.45) is 0 Å². The van der Waals surface area contributed by atoms with Gasteiger partial charge in [0.1, 0.15) is 11.6 Å². The average Bonchev–Trinajstić information content (AvgIpc) is 2.85. The molecule has 0 aliphatic carbocycles. The topological polar surface area (TPSA) is 98.3 Å². The maximum absolute atomic E-state index is 10.9. The van der Waals surface area contributed by atoms with E-state index in [4.69, 9.17) is 16.7 Å². The van der Waals surface area contributed by atoms with Crippen LogP contribution in [0.25, 0.3) is 5.69 Å². The molecule has 0 amide bonds.